The van der Waals surface area contributed by atoms with E-state index in [2.05, 4.69) is 10.6 Å². The number of hydrogen-bond donors (Lipinski definition) is 3. The average Bonchev–Trinajstić information content (AvgIpc) is 2.65. The fourth-order valence-electron chi connectivity index (χ4n) is 2.26. The van der Waals surface area contributed by atoms with Crippen LogP contribution in [0.15, 0.2) is 48.5 Å². The van der Waals surface area contributed by atoms with Crippen molar-refractivity contribution in [3.05, 3.63) is 59.9 Å². The molecule has 27 heavy (non-hydrogen) atoms. The van der Waals surface area contributed by atoms with Crippen molar-refractivity contribution < 1.29 is 18.7 Å². The first-order valence-electron chi connectivity index (χ1n) is 8.36. The van der Waals surface area contributed by atoms with Gasteiger partial charge in [0.05, 0.1) is 17.9 Å². The summed E-state index contributed by atoms with van der Waals surface area (Å²) in [5.41, 5.74) is 6.18. The Morgan fingerprint density at radius 1 is 1.07 bits per heavy atom. The summed E-state index contributed by atoms with van der Waals surface area (Å²) in [7, 11) is 0. The van der Waals surface area contributed by atoms with Gasteiger partial charge in [-0.1, -0.05) is 24.3 Å². The third kappa shape index (κ3) is 7.24. The molecule has 0 aromatic heterocycles. The minimum atomic E-state index is -0.436. The molecule has 0 heterocycles. The van der Waals surface area contributed by atoms with Gasteiger partial charge < -0.3 is 21.1 Å². The fraction of sp³-hybridized carbons (Fsp3) is 0.263. The molecule has 0 aliphatic carbocycles. The summed E-state index contributed by atoms with van der Waals surface area (Å²) in [5, 5.41) is 5.38. The molecule has 2 rings (SSSR count). The third-order valence-electron chi connectivity index (χ3n) is 3.52. The van der Waals surface area contributed by atoms with Gasteiger partial charge in [-0.3, -0.25) is 9.59 Å². The first-order valence-corrected chi connectivity index (χ1v) is 8.36. The van der Waals surface area contributed by atoms with E-state index in [4.69, 9.17) is 10.5 Å². The van der Waals surface area contributed by atoms with E-state index in [-0.39, 0.29) is 43.0 Å². The zero-order valence-corrected chi connectivity index (χ0v) is 15.6. The Labute approximate surface area is 163 Å². The number of amides is 2. The molecule has 0 saturated carbocycles. The number of rotatable bonds is 9. The molecule has 8 heteroatoms. The minimum absolute atomic E-state index is 0. The van der Waals surface area contributed by atoms with Crippen LogP contribution in [0.4, 0.5) is 10.1 Å². The van der Waals surface area contributed by atoms with Crippen molar-refractivity contribution in [1.82, 2.24) is 5.32 Å². The van der Waals surface area contributed by atoms with Gasteiger partial charge in [0.15, 0.2) is 11.6 Å². The Morgan fingerprint density at radius 3 is 2.52 bits per heavy atom. The van der Waals surface area contributed by atoms with Crippen molar-refractivity contribution >= 4 is 29.9 Å². The number of ether oxygens (including phenoxy) is 1. The van der Waals surface area contributed by atoms with E-state index < -0.39 is 5.82 Å². The number of anilines is 1. The molecule has 0 radical (unpaired) electrons. The van der Waals surface area contributed by atoms with Gasteiger partial charge in [-0.05, 0) is 30.7 Å². The summed E-state index contributed by atoms with van der Waals surface area (Å²) in [6.45, 7) is 0.907. The number of nitrogens with one attached hydrogen (secondary N) is 2. The summed E-state index contributed by atoms with van der Waals surface area (Å²) in [5.74, 6) is -0.820. The van der Waals surface area contributed by atoms with Crippen LogP contribution in [0.5, 0.6) is 5.75 Å². The largest absolute Gasteiger partial charge is 0.491 e. The molecule has 0 fully saturated rings. The van der Waals surface area contributed by atoms with Crippen molar-refractivity contribution in [3.63, 3.8) is 0 Å². The minimum Gasteiger partial charge on any atom is -0.491 e. The standard InChI is InChI=1S/C19H22FN3O3.ClH/c20-15-7-2-4-9-17(15)26-13-5-10-18(24)23-16-8-3-1-6-14(16)19(25)22-12-11-21;/h1-4,6-9H,5,10-13,21H2,(H,22,25)(H,23,24);1H. The lowest BCUT2D eigenvalue weighted by Gasteiger charge is -2.11. The maximum absolute atomic E-state index is 13.4. The lowest BCUT2D eigenvalue weighted by atomic mass is 10.1. The highest BCUT2D eigenvalue weighted by atomic mass is 35.5. The fourth-order valence-corrected chi connectivity index (χ4v) is 2.26. The lowest BCUT2D eigenvalue weighted by Crippen LogP contribution is -2.30. The second-order valence-electron chi connectivity index (χ2n) is 5.52. The van der Waals surface area contributed by atoms with Gasteiger partial charge >= 0.3 is 0 Å². The van der Waals surface area contributed by atoms with Crippen LogP contribution in [-0.4, -0.2) is 31.5 Å². The van der Waals surface area contributed by atoms with Crippen LogP contribution in [0.2, 0.25) is 0 Å². The summed E-state index contributed by atoms with van der Waals surface area (Å²) in [6, 6.07) is 12.8. The number of para-hydroxylation sites is 2. The van der Waals surface area contributed by atoms with Crippen LogP contribution >= 0.6 is 12.4 Å². The SMILES string of the molecule is Cl.NCCNC(=O)c1ccccc1NC(=O)CCCOc1ccccc1F. The van der Waals surface area contributed by atoms with Crippen LogP contribution in [0, 0.1) is 5.82 Å². The van der Waals surface area contributed by atoms with Crippen LogP contribution in [-0.2, 0) is 4.79 Å². The number of carbonyl (C=O) groups is 2. The molecule has 0 aliphatic rings. The predicted octanol–water partition coefficient (Wildman–Crippen LogP) is 2.73. The molecule has 2 amide bonds. The van der Waals surface area contributed by atoms with E-state index in [0.717, 1.165) is 0 Å². The van der Waals surface area contributed by atoms with Crippen molar-refractivity contribution in [1.29, 1.82) is 0 Å². The molecule has 0 atom stereocenters. The molecular formula is C19H23ClFN3O3. The molecule has 0 bridgehead atoms. The van der Waals surface area contributed by atoms with Crippen molar-refractivity contribution in [2.75, 3.05) is 25.0 Å². The van der Waals surface area contributed by atoms with E-state index in [1.165, 1.54) is 12.1 Å². The second-order valence-corrected chi connectivity index (χ2v) is 5.52. The summed E-state index contributed by atoms with van der Waals surface area (Å²) < 4.78 is 18.7. The highest BCUT2D eigenvalue weighted by Crippen LogP contribution is 2.17. The maximum Gasteiger partial charge on any atom is 0.253 e. The van der Waals surface area contributed by atoms with Crippen molar-refractivity contribution in [3.8, 4) is 5.75 Å². The van der Waals surface area contributed by atoms with Crippen LogP contribution in [0.25, 0.3) is 0 Å². The Balaban J connectivity index is 0.00000364. The number of nitrogens with two attached hydrogens (primary N) is 1. The molecule has 4 N–H and O–H groups in total. The van der Waals surface area contributed by atoms with Gasteiger partial charge in [0.25, 0.3) is 5.91 Å². The molecule has 0 aliphatic heterocycles. The molecule has 0 unspecified atom stereocenters. The average molecular weight is 396 g/mol. The molecule has 0 saturated heterocycles. The van der Waals surface area contributed by atoms with Gasteiger partial charge in [-0.25, -0.2) is 4.39 Å². The number of hydrogen-bond acceptors (Lipinski definition) is 4. The van der Waals surface area contributed by atoms with E-state index >= 15 is 0 Å². The predicted molar refractivity (Wildman–Crippen MR) is 105 cm³/mol. The highest BCUT2D eigenvalue weighted by Gasteiger charge is 2.12. The number of halogens is 2. The highest BCUT2D eigenvalue weighted by molar-refractivity contribution is 6.03. The van der Waals surface area contributed by atoms with Gasteiger partial charge in [0.2, 0.25) is 5.91 Å². The Kier molecular flexibility index (Phi) is 9.85. The summed E-state index contributed by atoms with van der Waals surface area (Å²) in [4.78, 5) is 24.2. The quantitative estimate of drug-likeness (QED) is 0.569. The molecule has 6 nitrogen and oxygen atoms in total. The molecule has 146 valence electrons. The maximum atomic E-state index is 13.4. The smallest absolute Gasteiger partial charge is 0.253 e. The number of benzene rings is 2. The first-order chi connectivity index (χ1) is 12.6. The molecular weight excluding hydrogens is 373 g/mol. The summed E-state index contributed by atoms with van der Waals surface area (Å²) >= 11 is 0. The molecule has 0 spiro atoms. The van der Waals surface area contributed by atoms with E-state index in [1.54, 1.807) is 36.4 Å². The molecule has 2 aromatic carbocycles. The van der Waals surface area contributed by atoms with E-state index in [9.17, 15) is 14.0 Å². The monoisotopic (exact) mass is 395 g/mol. The lowest BCUT2D eigenvalue weighted by molar-refractivity contribution is -0.116. The molecule has 2 aromatic rings. The van der Waals surface area contributed by atoms with Crippen LogP contribution in [0.3, 0.4) is 0 Å². The zero-order chi connectivity index (χ0) is 18.8. The zero-order valence-electron chi connectivity index (χ0n) is 14.7. The van der Waals surface area contributed by atoms with E-state index in [1.807, 2.05) is 0 Å². The first kappa shape index (κ1) is 22.4. The van der Waals surface area contributed by atoms with Crippen LogP contribution < -0.4 is 21.1 Å². The van der Waals surface area contributed by atoms with Gasteiger partial charge in [-0.15, -0.1) is 12.4 Å². The Morgan fingerprint density at radius 2 is 1.78 bits per heavy atom. The summed E-state index contributed by atoms with van der Waals surface area (Å²) in [6.07, 6.45) is 0.606. The van der Waals surface area contributed by atoms with E-state index in [0.29, 0.717) is 30.8 Å². The van der Waals surface area contributed by atoms with Crippen molar-refractivity contribution in [2.45, 2.75) is 12.8 Å². The van der Waals surface area contributed by atoms with Gasteiger partial charge in [0.1, 0.15) is 0 Å². The Bertz CT molecular complexity index is 758. The third-order valence-corrected chi connectivity index (χ3v) is 3.52. The number of carbonyl (C=O) groups excluding carboxylic acids is 2. The second kappa shape index (κ2) is 11.9. The van der Waals surface area contributed by atoms with Gasteiger partial charge in [0, 0.05) is 19.5 Å². The Hall–Kier alpha value is -2.64. The van der Waals surface area contributed by atoms with Gasteiger partial charge in [-0.2, -0.15) is 0 Å². The van der Waals surface area contributed by atoms with Crippen LogP contribution in [0.1, 0.15) is 23.2 Å². The normalized spacial score (nSPS) is 9.85. The topological polar surface area (TPSA) is 93.5 Å². The van der Waals surface area contributed by atoms with Crippen molar-refractivity contribution in [2.24, 2.45) is 5.73 Å².